The minimum atomic E-state index is -0.472. The smallest absolute Gasteiger partial charge is 0.116 e. The molecule has 0 unspecified atom stereocenters. The summed E-state index contributed by atoms with van der Waals surface area (Å²) >= 11 is 0. The van der Waals surface area contributed by atoms with Crippen LogP contribution in [0, 0.1) is 0 Å². The van der Waals surface area contributed by atoms with Crippen molar-refractivity contribution >= 4 is 0 Å². The molecule has 0 aliphatic carbocycles. The molecule has 17 heavy (non-hydrogen) atoms. The van der Waals surface area contributed by atoms with E-state index in [-0.39, 0.29) is 13.2 Å². The first kappa shape index (κ1) is 11.7. The van der Waals surface area contributed by atoms with Gasteiger partial charge in [0.1, 0.15) is 18.1 Å². The molecule has 5 nitrogen and oxygen atoms in total. The molecule has 0 radical (unpaired) electrons. The lowest BCUT2D eigenvalue weighted by Crippen LogP contribution is -2.00. The lowest BCUT2D eigenvalue weighted by atomic mass is 10.1. The van der Waals surface area contributed by atoms with Crippen molar-refractivity contribution in [2.75, 3.05) is 13.3 Å². The highest BCUT2D eigenvalue weighted by Gasteiger charge is 2.11. The number of alkyl halides is 1. The molecule has 0 aromatic carbocycles. The largest absolute Gasteiger partial charge is 0.396 e. The van der Waals surface area contributed by atoms with Crippen molar-refractivity contribution < 1.29 is 9.50 Å². The molecule has 0 saturated heterocycles. The van der Waals surface area contributed by atoms with Crippen molar-refractivity contribution in [3.05, 3.63) is 30.4 Å². The van der Waals surface area contributed by atoms with E-state index in [1.54, 1.807) is 24.8 Å². The van der Waals surface area contributed by atoms with E-state index in [0.717, 1.165) is 5.56 Å². The quantitative estimate of drug-likeness (QED) is 0.835. The maximum Gasteiger partial charge on any atom is 0.116 e. The van der Waals surface area contributed by atoms with Crippen LogP contribution >= 0.6 is 0 Å². The molecule has 2 aromatic heterocycles. The Bertz CT molecular complexity index is 472. The Kier molecular flexibility index (Phi) is 3.77. The van der Waals surface area contributed by atoms with Crippen molar-refractivity contribution in [1.82, 2.24) is 19.7 Å². The number of hydrogen-bond acceptors (Lipinski definition) is 4. The van der Waals surface area contributed by atoms with E-state index in [9.17, 15) is 4.39 Å². The van der Waals surface area contributed by atoms with Crippen LogP contribution in [-0.2, 0) is 13.0 Å². The van der Waals surface area contributed by atoms with Crippen molar-refractivity contribution in [2.24, 2.45) is 0 Å². The number of aliphatic hydroxyl groups excluding tert-OH is 1. The van der Waals surface area contributed by atoms with Gasteiger partial charge >= 0.3 is 0 Å². The molecule has 2 heterocycles. The Morgan fingerprint density at radius 1 is 1.35 bits per heavy atom. The lowest BCUT2D eigenvalue weighted by Gasteiger charge is -1.98. The molecule has 90 valence electrons. The van der Waals surface area contributed by atoms with E-state index < -0.39 is 6.67 Å². The van der Waals surface area contributed by atoms with Gasteiger partial charge in [-0.1, -0.05) is 0 Å². The van der Waals surface area contributed by atoms with Gasteiger partial charge in [-0.3, -0.25) is 14.6 Å². The summed E-state index contributed by atoms with van der Waals surface area (Å²) in [6.45, 7) is -0.243. The van der Waals surface area contributed by atoms with Crippen LogP contribution in [0.5, 0.6) is 0 Å². The third kappa shape index (κ3) is 2.65. The van der Waals surface area contributed by atoms with Gasteiger partial charge in [-0.2, -0.15) is 5.10 Å². The van der Waals surface area contributed by atoms with Crippen LogP contribution in [0.15, 0.2) is 24.8 Å². The van der Waals surface area contributed by atoms with Crippen LogP contribution in [0.4, 0.5) is 4.39 Å². The molecule has 0 atom stereocenters. The van der Waals surface area contributed by atoms with Crippen LogP contribution in [0.1, 0.15) is 5.56 Å². The molecule has 0 bridgehead atoms. The lowest BCUT2D eigenvalue weighted by molar-refractivity contribution is 0.299. The molecule has 0 spiro atoms. The Hall–Kier alpha value is -1.82. The summed E-state index contributed by atoms with van der Waals surface area (Å²) in [7, 11) is 0. The topological polar surface area (TPSA) is 63.8 Å². The molecule has 0 amide bonds. The third-order valence-corrected chi connectivity index (χ3v) is 2.34. The van der Waals surface area contributed by atoms with E-state index in [2.05, 4.69) is 15.1 Å². The SMILES string of the molecule is OCCc1cn(CCF)nc1-c1cnccn1. The fraction of sp³-hybridized carbons (Fsp3) is 0.364. The van der Waals surface area contributed by atoms with Crippen LogP contribution in [0.25, 0.3) is 11.4 Å². The minimum Gasteiger partial charge on any atom is -0.396 e. The summed E-state index contributed by atoms with van der Waals surface area (Å²) < 4.78 is 13.8. The standard InChI is InChI=1S/C11H13FN4O/c12-2-5-16-8-9(1-6-17)11(15-16)10-7-13-3-4-14-10/h3-4,7-8,17H,1-2,5-6H2. The number of hydrogen-bond donors (Lipinski definition) is 1. The summed E-state index contributed by atoms with van der Waals surface area (Å²) in [4.78, 5) is 8.12. The Labute approximate surface area is 98.0 Å². The van der Waals surface area contributed by atoms with Gasteiger partial charge in [0.15, 0.2) is 0 Å². The molecular formula is C11H13FN4O. The van der Waals surface area contributed by atoms with Gasteiger partial charge < -0.3 is 5.11 Å². The number of rotatable bonds is 5. The predicted molar refractivity (Wildman–Crippen MR) is 60.0 cm³/mol. The zero-order valence-electron chi connectivity index (χ0n) is 9.25. The van der Waals surface area contributed by atoms with Crippen LogP contribution in [0.2, 0.25) is 0 Å². The first-order valence-electron chi connectivity index (χ1n) is 5.34. The molecule has 0 saturated carbocycles. The van der Waals surface area contributed by atoms with Crippen molar-refractivity contribution in [1.29, 1.82) is 0 Å². The second kappa shape index (κ2) is 5.49. The summed E-state index contributed by atoms with van der Waals surface area (Å²) in [6.07, 6.45) is 6.96. The van der Waals surface area contributed by atoms with Gasteiger partial charge in [-0.05, 0) is 6.42 Å². The zero-order valence-corrected chi connectivity index (χ0v) is 9.25. The molecular weight excluding hydrogens is 223 g/mol. The van der Waals surface area contributed by atoms with Gasteiger partial charge in [0.2, 0.25) is 0 Å². The molecule has 6 heteroatoms. The zero-order chi connectivity index (χ0) is 12.1. The van der Waals surface area contributed by atoms with Crippen LogP contribution in [-0.4, -0.2) is 38.1 Å². The number of aromatic nitrogens is 4. The van der Waals surface area contributed by atoms with E-state index in [4.69, 9.17) is 5.11 Å². The molecule has 2 aromatic rings. The average molecular weight is 236 g/mol. The monoisotopic (exact) mass is 236 g/mol. The number of aliphatic hydroxyl groups is 1. The predicted octanol–water partition coefficient (Wildman–Crippen LogP) is 0.844. The minimum absolute atomic E-state index is 0.0224. The summed E-state index contributed by atoms with van der Waals surface area (Å²) in [5.74, 6) is 0. The highest BCUT2D eigenvalue weighted by Crippen LogP contribution is 2.19. The molecule has 2 rings (SSSR count). The van der Waals surface area contributed by atoms with E-state index >= 15 is 0 Å². The number of nitrogens with zero attached hydrogens (tertiary/aromatic N) is 4. The Balaban J connectivity index is 2.37. The Morgan fingerprint density at radius 3 is 2.88 bits per heavy atom. The molecule has 0 aliphatic heterocycles. The van der Waals surface area contributed by atoms with Gasteiger partial charge in [-0.15, -0.1) is 0 Å². The highest BCUT2D eigenvalue weighted by molar-refractivity contribution is 5.57. The maximum atomic E-state index is 12.3. The fourth-order valence-corrected chi connectivity index (χ4v) is 1.60. The van der Waals surface area contributed by atoms with Crippen LogP contribution in [0.3, 0.4) is 0 Å². The van der Waals surface area contributed by atoms with Crippen molar-refractivity contribution in [2.45, 2.75) is 13.0 Å². The Morgan fingerprint density at radius 2 is 2.24 bits per heavy atom. The summed E-state index contributed by atoms with van der Waals surface area (Å²) in [5, 5.41) is 13.2. The van der Waals surface area contributed by atoms with E-state index in [1.165, 1.54) is 4.68 Å². The van der Waals surface area contributed by atoms with Gasteiger partial charge in [-0.25, -0.2) is 4.39 Å². The number of halogens is 1. The molecule has 1 N–H and O–H groups in total. The first-order valence-corrected chi connectivity index (χ1v) is 5.34. The number of aryl methyl sites for hydroxylation is 1. The van der Waals surface area contributed by atoms with Gasteiger partial charge in [0.25, 0.3) is 0 Å². The normalized spacial score (nSPS) is 10.7. The maximum absolute atomic E-state index is 12.3. The van der Waals surface area contributed by atoms with Gasteiger partial charge in [0, 0.05) is 30.8 Å². The highest BCUT2D eigenvalue weighted by atomic mass is 19.1. The average Bonchev–Trinajstić information content (AvgIpc) is 2.74. The van der Waals surface area contributed by atoms with Crippen LogP contribution < -0.4 is 0 Å². The van der Waals surface area contributed by atoms with Gasteiger partial charge in [0.05, 0.1) is 12.7 Å². The molecule has 0 aliphatic rings. The molecule has 0 fully saturated rings. The van der Waals surface area contributed by atoms with Crippen molar-refractivity contribution in [3.8, 4) is 11.4 Å². The second-order valence-corrected chi connectivity index (χ2v) is 3.52. The summed E-state index contributed by atoms with van der Waals surface area (Å²) in [5.41, 5.74) is 2.13. The summed E-state index contributed by atoms with van der Waals surface area (Å²) in [6, 6.07) is 0. The first-order chi connectivity index (χ1) is 8.35. The second-order valence-electron chi connectivity index (χ2n) is 3.52. The van der Waals surface area contributed by atoms with Crippen molar-refractivity contribution in [3.63, 3.8) is 0 Å². The van der Waals surface area contributed by atoms with E-state index in [1.807, 2.05) is 0 Å². The van der Waals surface area contributed by atoms with E-state index in [0.29, 0.717) is 17.8 Å². The fourth-order valence-electron chi connectivity index (χ4n) is 1.60. The third-order valence-electron chi connectivity index (χ3n) is 2.34.